The highest BCUT2D eigenvalue weighted by Crippen LogP contribution is 2.42. The van der Waals surface area contributed by atoms with Crippen molar-refractivity contribution in [3.05, 3.63) is 12.2 Å². The molecule has 6 N–H and O–H groups in total. The van der Waals surface area contributed by atoms with E-state index in [1.54, 1.807) is 4.57 Å². The van der Waals surface area contributed by atoms with E-state index in [1.165, 1.54) is 6.33 Å². The summed E-state index contributed by atoms with van der Waals surface area (Å²) < 4.78 is 7.14. The molecular formula is C10H12N6O3. The monoisotopic (exact) mass is 264 g/mol. The van der Waals surface area contributed by atoms with E-state index in [2.05, 4.69) is 15.0 Å². The molecule has 0 aromatic carbocycles. The SMILES string of the molecule is Nc1ncnc2c1nc1n2C2OC(C1N)C(O)C2O. The molecular weight excluding hydrogens is 252 g/mol. The molecule has 2 aliphatic rings. The molecule has 5 atom stereocenters. The van der Waals surface area contributed by atoms with Crippen LogP contribution in [0.3, 0.4) is 0 Å². The van der Waals surface area contributed by atoms with Gasteiger partial charge in [-0.1, -0.05) is 0 Å². The topological polar surface area (TPSA) is 145 Å². The van der Waals surface area contributed by atoms with Crippen molar-refractivity contribution in [2.75, 3.05) is 5.73 Å². The molecule has 2 aromatic heterocycles. The number of nitrogens with zero attached hydrogens (tertiary/aromatic N) is 4. The molecule has 5 unspecified atom stereocenters. The van der Waals surface area contributed by atoms with Crippen molar-refractivity contribution < 1.29 is 14.9 Å². The molecule has 19 heavy (non-hydrogen) atoms. The Balaban J connectivity index is 2.03. The zero-order valence-electron chi connectivity index (χ0n) is 9.71. The molecule has 1 fully saturated rings. The molecule has 0 saturated carbocycles. The van der Waals surface area contributed by atoms with Crippen LogP contribution in [-0.4, -0.2) is 48.0 Å². The molecule has 0 amide bonds. The van der Waals surface area contributed by atoms with Crippen LogP contribution in [0.1, 0.15) is 18.1 Å². The molecule has 9 nitrogen and oxygen atoms in total. The van der Waals surface area contributed by atoms with Crippen LogP contribution in [0, 0.1) is 0 Å². The highest BCUT2D eigenvalue weighted by molar-refractivity contribution is 5.82. The summed E-state index contributed by atoms with van der Waals surface area (Å²) in [6.07, 6.45) is -2.25. The minimum atomic E-state index is -1.08. The van der Waals surface area contributed by atoms with Gasteiger partial charge in [0.05, 0.1) is 6.04 Å². The Morgan fingerprint density at radius 3 is 2.84 bits per heavy atom. The number of aliphatic hydroxyl groups is 2. The number of hydrogen-bond donors (Lipinski definition) is 4. The van der Waals surface area contributed by atoms with Gasteiger partial charge in [-0.25, -0.2) is 15.0 Å². The second-order valence-corrected chi connectivity index (χ2v) is 4.77. The van der Waals surface area contributed by atoms with Gasteiger partial charge in [-0.05, 0) is 0 Å². The molecule has 4 heterocycles. The molecule has 100 valence electrons. The van der Waals surface area contributed by atoms with Crippen LogP contribution < -0.4 is 11.5 Å². The Kier molecular flexibility index (Phi) is 1.97. The van der Waals surface area contributed by atoms with Gasteiger partial charge in [0.1, 0.15) is 30.5 Å². The van der Waals surface area contributed by atoms with Crippen LogP contribution in [-0.2, 0) is 4.74 Å². The van der Waals surface area contributed by atoms with Crippen LogP contribution in [0.4, 0.5) is 5.82 Å². The van der Waals surface area contributed by atoms with Gasteiger partial charge in [0.2, 0.25) is 0 Å². The molecule has 0 aliphatic carbocycles. The fourth-order valence-corrected chi connectivity index (χ4v) is 2.77. The molecule has 2 bridgehead atoms. The van der Waals surface area contributed by atoms with E-state index in [1.807, 2.05) is 0 Å². The lowest BCUT2D eigenvalue weighted by Crippen LogP contribution is -2.38. The smallest absolute Gasteiger partial charge is 0.167 e. The molecule has 2 aromatic rings. The van der Waals surface area contributed by atoms with Gasteiger partial charge >= 0.3 is 0 Å². The van der Waals surface area contributed by atoms with E-state index in [9.17, 15) is 10.2 Å². The summed E-state index contributed by atoms with van der Waals surface area (Å²) in [4.78, 5) is 12.3. The summed E-state index contributed by atoms with van der Waals surface area (Å²) in [7, 11) is 0. The molecule has 0 radical (unpaired) electrons. The van der Waals surface area contributed by atoms with E-state index in [0.29, 0.717) is 17.0 Å². The highest BCUT2D eigenvalue weighted by Gasteiger charge is 2.52. The van der Waals surface area contributed by atoms with E-state index in [0.717, 1.165) is 0 Å². The molecule has 9 heteroatoms. The largest absolute Gasteiger partial charge is 0.387 e. The van der Waals surface area contributed by atoms with Crippen molar-refractivity contribution in [2.24, 2.45) is 5.73 Å². The van der Waals surface area contributed by atoms with Crippen LogP contribution in [0.5, 0.6) is 0 Å². The van der Waals surface area contributed by atoms with Gasteiger partial charge in [0, 0.05) is 0 Å². The number of fused-ring (bicyclic) bond motifs is 6. The number of hydrogen-bond acceptors (Lipinski definition) is 8. The Morgan fingerprint density at radius 2 is 2.05 bits per heavy atom. The molecule has 4 rings (SSSR count). The first kappa shape index (κ1) is 11.1. The Morgan fingerprint density at radius 1 is 1.26 bits per heavy atom. The number of ether oxygens (including phenoxy) is 1. The number of rotatable bonds is 0. The summed E-state index contributed by atoms with van der Waals surface area (Å²) in [5, 5.41) is 19.9. The van der Waals surface area contributed by atoms with Gasteiger partial charge < -0.3 is 26.4 Å². The van der Waals surface area contributed by atoms with Crippen molar-refractivity contribution in [1.29, 1.82) is 0 Å². The molecule has 0 spiro atoms. The second-order valence-electron chi connectivity index (χ2n) is 4.77. The predicted molar refractivity (Wildman–Crippen MR) is 62.6 cm³/mol. The standard InChI is InChI=1S/C10H12N6O3/c11-2-6-4(17)5(18)10(19-6)16-8(2)15-3-7(12)13-1-14-9(3)16/h1-2,4-6,10,17-18H,11H2,(H2,12,13,14). The Hall–Kier alpha value is -1.81. The first-order valence-electron chi connectivity index (χ1n) is 5.85. The first-order chi connectivity index (χ1) is 9.09. The zero-order chi connectivity index (χ0) is 13.3. The third-order valence-corrected chi connectivity index (χ3v) is 3.71. The summed E-state index contributed by atoms with van der Waals surface area (Å²) in [5.41, 5.74) is 12.6. The number of aliphatic hydroxyl groups excluding tert-OH is 2. The Bertz CT molecular complexity index is 673. The van der Waals surface area contributed by atoms with Crippen LogP contribution in [0.25, 0.3) is 11.2 Å². The summed E-state index contributed by atoms with van der Waals surface area (Å²) in [5.74, 6) is 0.726. The van der Waals surface area contributed by atoms with E-state index >= 15 is 0 Å². The van der Waals surface area contributed by atoms with E-state index < -0.39 is 30.6 Å². The van der Waals surface area contributed by atoms with E-state index in [-0.39, 0.29) is 5.82 Å². The minimum absolute atomic E-state index is 0.241. The minimum Gasteiger partial charge on any atom is -0.387 e. The number of imidazole rings is 1. The number of anilines is 1. The van der Waals surface area contributed by atoms with Gasteiger partial charge in [-0.3, -0.25) is 4.57 Å². The predicted octanol–water partition coefficient (Wildman–Crippen LogP) is -1.96. The number of nitrogens with two attached hydrogens (primary N) is 2. The summed E-state index contributed by atoms with van der Waals surface area (Å²) in [6, 6.07) is -0.656. The quantitative estimate of drug-likeness (QED) is 0.429. The fraction of sp³-hybridized carbons (Fsp3) is 0.500. The van der Waals surface area contributed by atoms with Crippen molar-refractivity contribution in [1.82, 2.24) is 19.5 Å². The zero-order valence-corrected chi connectivity index (χ0v) is 9.71. The van der Waals surface area contributed by atoms with Gasteiger partial charge in [-0.2, -0.15) is 0 Å². The summed E-state index contributed by atoms with van der Waals surface area (Å²) in [6.45, 7) is 0. The van der Waals surface area contributed by atoms with Crippen LogP contribution >= 0.6 is 0 Å². The number of aromatic nitrogens is 4. The lowest BCUT2D eigenvalue weighted by molar-refractivity contribution is -0.0650. The van der Waals surface area contributed by atoms with Crippen LogP contribution in [0.2, 0.25) is 0 Å². The second kappa shape index (κ2) is 3.39. The average molecular weight is 264 g/mol. The fourth-order valence-electron chi connectivity index (χ4n) is 2.77. The third kappa shape index (κ3) is 1.20. The molecule has 1 saturated heterocycles. The Labute approximate surface area is 106 Å². The maximum atomic E-state index is 10.0. The van der Waals surface area contributed by atoms with Crippen molar-refractivity contribution in [3.63, 3.8) is 0 Å². The van der Waals surface area contributed by atoms with Crippen molar-refractivity contribution >= 4 is 17.0 Å². The summed E-state index contributed by atoms with van der Waals surface area (Å²) >= 11 is 0. The van der Waals surface area contributed by atoms with Gasteiger partial charge in [0.15, 0.2) is 23.2 Å². The van der Waals surface area contributed by atoms with Gasteiger partial charge in [0.25, 0.3) is 0 Å². The maximum Gasteiger partial charge on any atom is 0.167 e. The van der Waals surface area contributed by atoms with Crippen LogP contribution in [0.15, 0.2) is 6.33 Å². The lowest BCUT2D eigenvalue weighted by Gasteiger charge is -2.28. The highest BCUT2D eigenvalue weighted by atomic mass is 16.6. The normalized spacial score (nSPS) is 36.7. The average Bonchev–Trinajstić information content (AvgIpc) is 2.89. The lowest BCUT2D eigenvalue weighted by atomic mass is 10.1. The first-order valence-corrected chi connectivity index (χ1v) is 5.85. The number of nitrogen functional groups attached to an aromatic ring is 1. The third-order valence-electron chi connectivity index (χ3n) is 3.71. The van der Waals surface area contributed by atoms with E-state index in [4.69, 9.17) is 16.2 Å². The van der Waals surface area contributed by atoms with Crippen molar-refractivity contribution in [3.8, 4) is 0 Å². The maximum absolute atomic E-state index is 10.0. The van der Waals surface area contributed by atoms with Gasteiger partial charge in [-0.15, -0.1) is 0 Å². The van der Waals surface area contributed by atoms with Crippen molar-refractivity contribution in [2.45, 2.75) is 30.6 Å². The molecule has 2 aliphatic heterocycles.